The van der Waals surface area contributed by atoms with E-state index in [-0.39, 0.29) is 0 Å². The van der Waals surface area contributed by atoms with Crippen LogP contribution in [0.25, 0.3) is 0 Å². The van der Waals surface area contributed by atoms with Gasteiger partial charge in [0.2, 0.25) is 0 Å². The van der Waals surface area contributed by atoms with E-state index in [9.17, 15) is 0 Å². The summed E-state index contributed by atoms with van der Waals surface area (Å²) in [6.45, 7) is 8.98. The molecule has 1 fully saturated rings. The molecule has 0 amide bonds. The number of ether oxygens (including phenoxy) is 1. The van der Waals surface area contributed by atoms with Crippen molar-refractivity contribution in [2.45, 2.75) is 33.2 Å². The molecule has 1 atom stereocenters. The van der Waals surface area contributed by atoms with Crippen LogP contribution in [0.3, 0.4) is 0 Å². The van der Waals surface area contributed by atoms with E-state index in [2.05, 4.69) is 61.5 Å². The largest absolute Gasteiger partial charge is 0.497 e. The Labute approximate surface area is 174 Å². The molecule has 29 heavy (non-hydrogen) atoms. The Bertz CT molecular complexity index is 815. The minimum atomic E-state index is 0.606. The summed E-state index contributed by atoms with van der Waals surface area (Å²) in [5.41, 5.74) is 3.53. The molecule has 1 aromatic heterocycles. The van der Waals surface area contributed by atoms with Gasteiger partial charge in [0, 0.05) is 57.2 Å². The molecule has 1 aliphatic rings. The van der Waals surface area contributed by atoms with Gasteiger partial charge in [0.1, 0.15) is 5.75 Å². The minimum Gasteiger partial charge on any atom is -0.497 e. The van der Waals surface area contributed by atoms with Crippen molar-refractivity contribution in [1.82, 2.24) is 20.4 Å². The number of benzene rings is 1. The highest BCUT2D eigenvalue weighted by Crippen LogP contribution is 2.26. The fraction of sp³-hybridized carbons (Fsp3) is 0.545. The molecule has 0 bridgehead atoms. The number of aliphatic imine (C=N–C) groups is 1. The van der Waals surface area contributed by atoms with E-state index in [0.29, 0.717) is 5.92 Å². The lowest BCUT2D eigenvalue weighted by atomic mass is 10.1. The lowest BCUT2D eigenvalue weighted by Gasteiger charge is -2.20. The first-order valence-electron chi connectivity index (χ1n) is 10.4. The molecular weight excluding hydrogens is 364 g/mol. The second kappa shape index (κ2) is 10.2. The lowest BCUT2D eigenvalue weighted by molar-refractivity contribution is 0.415. The van der Waals surface area contributed by atoms with Gasteiger partial charge in [0.25, 0.3) is 0 Å². The van der Waals surface area contributed by atoms with Crippen molar-refractivity contribution >= 4 is 11.6 Å². The first-order valence-corrected chi connectivity index (χ1v) is 10.4. The molecule has 0 radical (unpaired) electrons. The van der Waals surface area contributed by atoms with Crippen LogP contribution in [0.1, 0.15) is 24.2 Å². The Morgan fingerprint density at radius 3 is 2.86 bits per heavy atom. The van der Waals surface area contributed by atoms with Crippen LogP contribution in [-0.2, 0) is 6.54 Å². The van der Waals surface area contributed by atoms with Gasteiger partial charge in [-0.1, -0.05) is 6.07 Å². The summed E-state index contributed by atoms with van der Waals surface area (Å²) in [4.78, 5) is 6.79. The molecule has 2 heterocycles. The molecule has 2 aromatic rings. The topological polar surface area (TPSA) is 66.7 Å². The van der Waals surface area contributed by atoms with Crippen molar-refractivity contribution in [1.29, 1.82) is 0 Å². The van der Waals surface area contributed by atoms with E-state index in [4.69, 9.17) is 4.74 Å². The fourth-order valence-corrected chi connectivity index (χ4v) is 3.84. The van der Waals surface area contributed by atoms with Crippen LogP contribution in [0.15, 0.2) is 35.3 Å². The smallest absolute Gasteiger partial charge is 0.190 e. The Balaban J connectivity index is 1.38. The molecule has 1 aromatic carbocycles. The van der Waals surface area contributed by atoms with Gasteiger partial charge in [0.05, 0.1) is 12.8 Å². The van der Waals surface area contributed by atoms with E-state index in [1.165, 1.54) is 17.8 Å². The number of guanidine groups is 1. The number of hydrogen-bond acceptors (Lipinski definition) is 4. The van der Waals surface area contributed by atoms with Crippen molar-refractivity contribution < 1.29 is 4.74 Å². The third-order valence-electron chi connectivity index (χ3n) is 5.43. The van der Waals surface area contributed by atoms with Gasteiger partial charge >= 0.3 is 0 Å². The average Bonchev–Trinajstić information content (AvgIpc) is 3.33. The quantitative estimate of drug-likeness (QED) is 0.406. The number of hydrogen-bond donors (Lipinski definition) is 2. The van der Waals surface area contributed by atoms with Crippen LogP contribution < -0.4 is 20.3 Å². The zero-order valence-electron chi connectivity index (χ0n) is 18.1. The number of aromatic nitrogens is 2. The maximum absolute atomic E-state index is 5.35. The molecule has 0 saturated carbocycles. The van der Waals surface area contributed by atoms with Crippen LogP contribution in [0, 0.1) is 19.8 Å². The molecule has 1 aliphatic heterocycles. The highest BCUT2D eigenvalue weighted by Gasteiger charge is 2.23. The standard InChI is InChI=1S/C22H34N6O/c1-17-13-18(2)28(26-17)11-6-10-24-22(23-3)25-15-19-9-12-27(16-19)20-7-5-8-21(14-20)29-4/h5,7-8,13-14,19H,6,9-12,15-16H2,1-4H3,(H2,23,24,25). The molecular formula is C22H34N6O. The maximum Gasteiger partial charge on any atom is 0.190 e. The van der Waals surface area contributed by atoms with Crippen LogP contribution in [-0.4, -0.2) is 56.1 Å². The summed E-state index contributed by atoms with van der Waals surface area (Å²) in [6, 6.07) is 10.4. The number of methoxy groups -OCH3 is 1. The highest BCUT2D eigenvalue weighted by atomic mass is 16.5. The van der Waals surface area contributed by atoms with Crippen LogP contribution >= 0.6 is 0 Å². The van der Waals surface area contributed by atoms with Crippen LogP contribution in [0.2, 0.25) is 0 Å². The molecule has 1 unspecified atom stereocenters. The van der Waals surface area contributed by atoms with Crippen molar-refractivity contribution in [2.24, 2.45) is 10.9 Å². The molecule has 7 nitrogen and oxygen atoms in total. The Morgan fingerprint density at radius 1 is 1.28 bits per heavy atom. The second-order valence-electron chi connectivity index (χ2n) is 7.69. The maximum atomic E-state index is 5.35. The molecule has 0 aliphatic carbocycles. The number of nitrogens with zero attached hydrogens (tertiary/aromatic N) is 4. The monoisotopic (exact) mass is 398 g/mol. The SMILES string of the molecule is CN=C(NCCCn1nc(C)cc1C)NCC1CCN(c2cccc(OC)c2)C1. The van der Waals surface area contributed by atoms with Gasteiger partial charge < -0.3 is 20.3 Å². The predicted octanol–water partition coefficient (Wildman–Crippen LogP) is 2.59. The Morgan fingerprint density at radius 2 is 2.14 bits per heavy atom. The van der Waals surface area contributed by atoms with Gasteiger partial charge in [-0.05, 0) is 50.8 Å². The van der Waals surface area contributed by atoms with Crippen molar-refractivity contribution in [2.75, 3.05) is 45.2 Å². The van der Waals surface area contributed by atoms with E-state index in [0.717, 1.165) is 56.5 Å². The van der Waals surface area contributed by atoms with Gasteiger partial charge in [0.15, 0.2) is 5.96 Å². The predicted molar refractivity (Wildman–Crippen MR) is 119 cm³/mol. The molecule has 158 valence electrons. The van der Waals surface area contributed by atoms with Gasteiger partial charge in [-0.2, -0.15) is 5.10 Å². The summed E-state index contributed by atoms with van der Waals surface area (Å²) in [5.74, 6) is 2.39. The van der Waals surface area contributed by atoms with Crippen molar-refractivity contribution in [3.63, 3.8) is 0 Å². The molecule has 1 saturated heterocycles. The summed E-state index contributed by atoms with van der Waals surface area (Å²) in [5, 5.41) is 11.4. The van der Waals surface area contributed by atoms with Crippen LogP contribution in [0.5, 0.6) is 5.75 Å². The summed E-state index contributed by atoms with van der Waals surface area (Å²) < 4.78 is 7.42. The summed E-state index contributed by atoms with van der Waals surface area (Å²) in [6.07, 6.45) is 2.19. The number of rotatable bonds is 8. The van der Waals surface area contributed by atoms with Gasteiger partial charge in [-0.25, -0.2) is 0 Å². The van der Waals surface area contributed by atoms with E-state index in [1.54, 1.807) is 7.11 Å². The second-order valence-corrected chi connectivity index (χ2v) is 7.69. The third-order valence-corrected chi connectivity index (χ3v) is 5.43. The van der Waals surface area contributed by atoms with E-state index >= 15 is 0 Å². The number of nitrogens with one attached hydrogen (secondary N) is 2. The molecule has 7 heteroatoms. The molecule has 2 N–H and O–H groups in total. The van der Waals surface area contributed by atoms with Gasteiger partial charge in [-0.3, -0.25) is 9.67 Å². The summed E-state index contributed by atoms with van der Waals surface area (Å²) >= 11 is 0. The number of aryl methyl sites for hydroxylation is 3. The lowest BCUT2D eigenvalue weighted by Crippen LogP contribution is -2.40. The zero-order valence-corrected chi connectivity index (χ0v) is 18.1. The van der Waals surface area contributed by atoms with Crippen LogP contribution in [0.4, 0.5) is 5.69 Å². The highest BCUT2D eigenvalue weighted by molar-refractivity contribution is 5.79. The first-order chi connectivity index (χ1) is 14.1. The van der Waals surface area contributed by atoms with Gasteiger partial charge in [-0.15, -0.1) is 0 Å². The zero-order chi connectivity index (χ0) is 20.6. The third kappa shape index (κ3) is 5.89. The number of anilines is 1. The average molecular weight is 399 g/mol. The van der Waals surface area contributed by atoms with Crippen molar-refractivity contribution in [3.8, 4) is 5.75 Å². The first kappa shape index (κ1) is 21.0. The Hall–Kier alpha value is -2.70. The summed E-state index contributed by atoms with van der Waals surface area (Å²) in [7, 11) is 3.54. The van der Waals surface area contributed by atoms with E-state index in [1.807, 2.05) is 20.0 Å². The normalized spacial score (nSPS) is 16.9. The molecule has 0 spiro atoms. The van der Waals surface area contributed by atoms with E-state index < -0.39 is 0 Å². The minimum absolute atomic E-state index is 0.606. The molecule has 3 rings (SSSR count). The fourth-order valence-electron chi connectivity index (χ4n) is 3.84. The van der Waals surface area contributed by atoms with Crippen molar-refractivity contribution in [3.05, 3.63) is 41.7 Å². The Kier molecular flexibility index (Phi) is 7.38.